The summed E-state index contributed by atoms with van der Waals surface area (Å²) in [5.41, 5.74) is 0.883. The molecule has 25 heavy (non-hydrogen) atoms. The Morgan fingerprint density at radius 1 is 1.12 bits per heavy atom. The number of carbonyl (C=O) groups is 2. The third kappa shape index (κ3) is 3.27. The van der Waals surface area contributed by atoms with Crippen molar-refractivity contribution in [2.75, 3.05) is 32.8 Å². The van der Waals surface area contributed by atoms with Gasteiger partial charge in [0, 0.05) is 25.6 Å². The van der Waals surface area contributed by atoms with Crippen LogP contribution in [0.25, 0.3) is 0 Å². The van der Waals surface area contributed by atoms with Crippen molar-refractivity contribution in [2.24, 2.45) is 5.92 Å². The van der Waals surface area contributed by atoms with Gasteiger partial charge in [0.1, 0.15) is 11.9 Å². The van der Waals surface area contributed by atoms with Crippen molar-refractivity contribution in [2.45, 2.75) is 31.2 Å². The maximum absolute atomic E-state index is 13.4. The van der Waals surface area contributed by atoms with E-state index in [0.717, 1.165) is 24.8 Å². The molecule has 1 saturated carbocycles. The zero-order valence-electron chi connectivity index (χ0n) is 14.2. The van der Waals surface area contributed by atoms with Gasteiger partial charge < -0.3 is 14.5 Å². The molecule has 0 unspecified atom stereocenters. The lowest BCUT2D eigenvalue weighted by atomic mass is 10.1. The van der Waals surface area contributed by atoms with Crippen LogP contribution in [-0.2, 0) is 14.3 Å². The Kier molecular flexibility index (Phi) is 4.46. The highest BCUT2D eigenvalue weighted by Crippen LogP contribution is 2.49. The quantitative estimate of drug-likeness (QED) is 0.838. The van der Waals surface area contributed by atoms with Crippen molar-refractivity contribution in [3.63, 3.8) is 0 Å². The Morgan fingerprint density at radius 3 is 2.68 bits per heavy atom. The third-order valence-electron chi connectivity index (χ3n) is 5.53. The molecule has 134 valence electrons. The van der Waals surface area contributed by atoms with Crippen molar-refractivity contribution in [1.29, 1.82) is 0 Å². The first-order chi connectivity index (χ1) is 12.1. The van der Waals surface area contributed by atoms with Crippen LogP contribution in [0.5, 0.6) is 0 Å². The van der Waals surface area contributed by atoms with Crippen molar-refractivity contribution >= 4 is 11.8 Å². The van der Waals surface area contributed by atoms with E-state index in [-0.39, 0.29) is 35.5 Å². The number of ether oxygens (including phenoxy) is 1. The minimum absolute atomic E-state index is 0.0529. The summed E-state index contributed by atoms with van der Waals surface area (Å²) in [6, 6.07) is 6.16. The summed E-state index contributed by atoms with van der Waals surface area (Å²) in [5.74, 6) is -0.185. The molecule has 6 heteroatoms. The summed E-state index contributed by atoms with van der Waals surface area (Å²) in [4.78, 5) is 29.3. The molecule has 1 aliphatic carbocycles. The van der Waals surface area contributed by atoms with Gasteiger partial charge in [-0.25, -0.2) is 4.39 Å². The molecule has 2 aliphatic heterocycles. The van der Waals surface area contributed by atoms with E-state index in [9.17, 15) is 14.0 Å². The van der Waals surface area contributed by atoms with E-state index in [0.29, 0.717) is 32.8 Å². The highest BCUT2D eigenvalue weighted by atomic mass is 19.1. The van der Waals surface area contributed by atoms with Crippen LogP contribution in [0.4, 0.5) is 4.39 Å². The Hall–Kier alpha value is -1.95. The predicted molar refractivity (Wildman–Crippen MR) is 89.4 cm³/mol. The lowest BCUT2D eigenvalue weighted by Crippen LogP contribution is -2.51. The van der Waals surface area contributed by atoms with Crippen molar-refractivity contribution in [3.8, 4) is 0 Å². The average Bonchev–Trinajstić information content (AvgIpc) is 3.29. The number of hydrogen-bond acceptors (Lipinski definition) is 3. The number of likely N-dealkylation sites (tertiary alicyclic amines) is 1. The topological polar surface area (TPSA) is 49.9 Å². The van der Waals surface area contributed by atoms with Gasteiger partial charge in [-0.3, -0.25) is 9.59 Å². The Balaban J connectivity index is 1.42. The minimum Gasteiger partial charge on any atom is -0.378 e. The van der Waals surface area contributed by atoms with Gasteiger partial charge in [-0.15, -0.1) is 0 Å². The first-order valence-corrected chi connectivity index (χ1v) is 9.07. The van der Waals surface area contributed by atoms with Gasteiger partial charge in [-0.05, 0) is 42.9 Å². The molecule has 0 bridgehead atoms. The van der Waals surface area contributed by atoms with E-state index in [2.05, 4.69) is 0 Å². The van der Waals surface area contributed by atoms with Gasteiger partial charge in [0.15, 0.2) is 0 Å². The van der Waals surface area contributed by atoms with Crippen LogP contribution in [0.3, 0.4) is 0 Å². The first kappa shape index (κ1) is 16.5. The molecule has 5 nitrogen and oxygen atoms in total. The number of amides is 2. The van der Waals surface area contributed by atoms with Gasteiger partial charge in [0.2, 0.25) is 11.8 Å². The van der Waals surface area contributed by atoms with Crippen molar-refractivity contribution in [1.82, 2.24) is 9.80 Å². The number of morpholine rings is 1. The van der Waals surface area contributed by atoms with Gasteiger partial charge in [-0.2, -0.15) is 0 Å². The van der Waals surface area contributed by atoms with Crippen LogP contribution in [0, 0.1) is 11.7 Å². The molecular formula is C19H23FN2O3. The number of rotatable bonds is 3. The third-order valence-corrected chi connectivity index (χ3v) is 5.53. The van der Waals surface area contributed by atoms with Gasteiger partial charge >= 0.3 is 0 Å². The fourth-order valence-electron chi connectivity index (χ4n) is 4.07. The number of nitrogens with zero attached hydrogens (tertiary/aromatic N) is 2. The molecular weight excluding hydrogens is 323 g/mol. The molecule has 0 radical (unpaired) electrons. The molecule has 1 aromatic carbocycles. The molecule has 2 amide bonds. The standard InChI is InChI=1S/C19H23FN2O3/c20-14-4-1-3-13(11-14)15-12-16(15)18(23)22-6-2-5-17(22)19(24)21-7-9-25-10-8-21/h1,3-4,11,15-17H,2,5-10,12H2/t15-,16+,17-/m1/s1. The van der Waals surface area contributed by atoms with E-state index < -0.39 is 0 Å². The van der Waals surface area contributed by atoms with Crippen LogP contribution < -0.4 is 0 Å². The summed E-state index contributed by atoms with van der Waals surface area (Å²) in [5, 5.41) is 0. The van der Waals surface area contributed by atoms with Crippen LogP contribution in [-0.4, -0.2) is 60.5 Å². The van der Waals surface area contributed by atoms with Crippen LogP contribution >= 0.6 is 0 Å². The Bertz CT molecular complexity index is 674. The largest absolute Gasteiger partial charge is 0.378 e. The van der Waals surface area contributed by atoms with Gasteiger partial charge in [-0.1, -0.05) is 12.1 Å². The maximum Gasteiger partial charge on any atom is 0.245 e. The molecule has 0 aromatic heterocycles. The molecule has 2 heterocycles. The molecule has 3 aliphatic rings. The van der Waals surface area contributed by atoms with Crippen LogP contribution in [0.1, 0.15) is 30.7 Å². The second-order valence-corrected chi connectivity index (χ2v) is 7.13. The molecule has 0 spiro atoms. The van der Waals surface area contributed by atoms with Crippen molar-refractivity contribution in [3.05, 3.63) is 35.6 Å². The molecule has 0 N–H and O–H groups in total. The summed E-state index contributed by atoms with van der Waals surface area (Å²) in [6.45, 7) is 2.98. The second-order valence-electron chi connectivity index (χ2n) is 7.13. The van der Waals surface area contributed by atoms with E-state index in [4.69, 9.17) is 4.74 Å². The van der Waals surface area contributed by atoms with Crippen molar-refractivity contribution < 1.29 is 18.7 Å². The molecule has 3 atom stereocenters. The lowest BCUT2D eigenvalue weighted by molar-refractivity contribution is -0.147. The second kappa shape index (κ2) is 6.75. The normalized spacial score (nSPS) is 28.9. The van der Waals surface area contributed by atoms with Gasteiger partial charge in [0.25, 0.3) is 0 Å². The first-order valence-electron chi connectivity index (χ1n) is 9.07. The summed E-state index contributed by atoms with van der Waals surface area (Å²) < 4.78 is 18.7. The van der Waals surface area contributed by atoms with E-state index in [1.54, 1.807) is 11.0 Å². The smallest absolute Gasteiger partial charge is 0.245 e. The highest BCUT2D eigenvalue weighted by Gasteiger charge is 2.49. The molecule has 3 fully saturated rings. The van der Waals surface area contributed by atoms with E-state index in [1.165, 1.54) is 12.1 Å². The fourth-order valence-corrected chi connectivity index (χ4v) is 4.07. The number of carbonyl (C=O) groups excluding carboxylic acids is 2. The summed E-state index contributed by atoms with van der Waals surface area (Å²) in [7, 11) is 0. The number of halogens is 1. The monoisotopic (exact) mass is 346 g/mol. The minimum atomic E-state index is -0.334. The fraction of sp³-hybridized carbons (Fsp3) is 0.579. The maximum atomic E-state index is 13.4. The summed E-state index contributed by atoms with van der Waals surface area (Å²) >= 11 is 0. The highest BCUT2D eigenvalue weighted by molar-refractivity contribution is 5.90. The average molecular weight is 346 g/mol. The molecule has 4 rings (SSSR count). The Morgan fingerprint density at radius 2 is 1.92 bits per heavy atom. The summed E-state index contributed by atoms with van der Waals surface area (Å²) in [6.07, 6.45) is 2.35. The number of hydrogen-bond donors (Lipinski definition) is 0. The predicted octanol–water partition coefficient (Wildman–Crippen LogP) is 1.78. The lowest BCUT2D eigenvalue weighted by Gasteiger charge is -2.32. The Labute approximate surface area is 146 Å². The van der Waals surface area contributed by atoms with Crippen LogP contribution in [0.2, 0.25) is 0 Å². The molecule has 2 saturated heterocycles. The van der Waals surface area contributed by atoms with E-state index in [1.807, 2.05) is 11.0 Å². The number of benzene rings is 1. The molecule has 1 aromatic rings. The zero-order chi connectivity index (χ0) is 17.4. The SMILES string of the molecule is O=C([C@H]1CCCN1C(=O)[C@H]1C[C@@H]1c1cccc(F)c1)N1CCOCC1. The van der Waals surface area contributed by atoms with Crippen LogP contribution in [0.15, 0.2) is 24.3 Å². The zero-order valence-corrected chi connectivity index (χ0v) is 14.2. The van der Waals surface area contributed by atoms with E-state index >= 15 is 0 Å². The van der Waals surface area contributed by atoms with Gasteiger partial charge in [0.05, 0.1) is 13.2 Å².